The van der Waals surface area contributed by atoms with E-state index in [-0.39, 0.29) is 23.9 Å². The Bertz CT molecular complexity index is 1650. The third kappa shape index (κ3) is 12.2. The van der Waals surface area contributed by atoms with Crippen LogP contribution < -0.4 is 10.6 Å². The molecule has 0 heterocycles. The van der Waals surface area contributed by atoms with E-state index in [4.69, 9.17) is 10.5 Å². The predicted molar refractivity (Wildman–Crippen MR) is 209 cm³/mol. The fraction of sp³-hybridized carbons (Fsp3) is 0.391. The highest BCUT2D eigenvalue weighted by Gasteiger charge is 2.27. The van der Waals surface area contributed by atoms with Gasteiger partial charge in [-0.05, 0) is 109 Å². The molecule has 52 heavy (non-hydrogen) atoms. The van der Waals surface area contributed by atoms with Crippen molar-refractivity contribution in [3.05, 3.63) is 119 Å². The summed E-state index contributed by atoms with van der Waals surface area (Å²) in [5, 5.41) is 24.5. The fourth-order valence-electron chi connectivity index (χ4n) is 7.17. The van der Waals surface area contributed by atoms with Crippen molar-refractivity contribution in [3.8, 4) is 34.4 Å². The highest BCUT2D eigenvalue weighted by atomic mass is 16.2. The summed E-state index contributed by atoms with van der Waals surface area (Å²) in [5.74, 6) is 0.210. The molecule has 0 aromatic heterocycles. The first kappa shape index (κ1) is 38.0. The smallest absolute Gasteiger partial charge is 0.220 e. The van der Waals surface area contributed by atoms with Gasteiger partial charge in [-0.25, -0.2) is 0 Å². The van der Waals surface area contributed by atoms with Crippen molar-refractivity contribution in [1.82, 2.24) is 10.6 Å². The minimum atomic E-state index is 0.0285. The maximum Gasteiger partial charge on any atom is 0.220 e. The Kier molecular flexibility index (Phi) is 15.1. The van der Waals surface area contributed by atoms with E-state index in [0.717, 1.165) is 112 Å². The lowest BCUT2D eigenvalue weighted by Crippen LogP contribution is -2.53. The Morgan fingerprint density at radius 1 is 0.481 bits per heavy atom. The molecule has 0 bridgehead atoms. The number of benzene rings is 4. The second-order valence-corrected chi connectivity index (χ2v) is 14.2. The van der Waals surface area contributed by atoms with E-state index in [1.54, 1.807) is 0 Å². The molecule has 4 aromatic carbocycles. The lowest BCUT2D eigenvalue weighted by Gasteiger charge is -2.33. The molecule has 0 aliphatic heterocycles. The first-order chi connectivity index (χ1) is 25.5. The van der Waals surface area contributed by atoms with Crippen molar-refractivity contribution in [2.45, 2.75) is 115 Å². The van der Waals surface area contributed by atoms with Crippen molar-refractivity contribution >= 4 is 11.8 Å². The quantitative estimate of drug-likeness (QED) is 0.101. The first-order valence-corrected chi connectivity index (χ1v) is 19.3. The second-order valence-electron chi connectivity index (χ2n) is 14.2. The van der Waals surface area contributed by atoms with E-state index in [1.165, 1.54) is 11.1 Å². The number of nitrogens with zero attached hydrogens (tertiary/aromatic N) is 2. The van der Waals surface area contributed by atoms with Gasteiger partial charge < -0.3 is 10.6 Å². The molecular formula is C46H52N4O2. The van der Waals surface area contributed by atoms with E-state index in [2.05, 4.69) is 71.3 Å². The molecule has 0 saturated heterocycles. The zero-order valence-electron chi connectivity index (χ0n) is 30.4. The monoisotopic (exact) mass is 692 g/mol. The highest BCUT2D eigenvalue weighted by Crippen LogP contribution is 2.23. The fourth-order valence-corrected chi connectivity index (χ4v) is 7.17. The Labute approximate surface area is 310 Å². The zero-order chi connectivity index (χ0) is 36.4. The average Bonchev–Trinajstić information content (AvgIpc) is 3.19. The number of aryl methyl sites for hydroxylation is 2. The van der Waals surface area contributed by atoms with Gasteiger partial charge in [0.15, 0.2) is 0 Å². The van der Waals surface area contributed by atoms with Crippen LogP contribution in [0.3, 0.4) is 0 Å². The van der Waals surface area contributed by atoms with Crippen LogP contribution in [0.1, 0.15) is 112 Å². The molecule has 0 spiro atoms. The number of hydrogen-bond donors (Lipinski definition) is 2. The summed E-state index contributed by atoms with van der Waals surface area (Å²) in [4.78, 5) is 25.6. The van der Waals surface area contributed by atoms with E-state index < -0.39 is 0 Å². The number of nitriles is 2. The molecule has 2 atom stereocenters. The predicted octanol–water partition coefficient (Wildman–Crippen LogP) is 9.99. The third-order valence-corrected chi connectivity index (χ3v) is 10.3. The van der Waals surface area contributed by atoms with Gasteiger partial charge in [0.05, 0.1) is 23.3 Å². The molecule has 1 aliphatic carbocycles. The minimum absolute atomic E-state index is 0.0285. The van der Waals surface area contributed by atoms with Gasteiger partial charge in [0.25, 0.3) is 0 Å². The number of nitrogens with one attached hydrogen (secondary N) is 2. The third-order valence-electron chi connectivity index (χ3n) is 10.3. The molecule has 2 N–H and O–H groups in total. The van der Waals surface area contributed by atoms with Gasteiger partial charge in [0.1, 0.15) is 0 Å². The van der Waals surface area contributed by atoms with Crippen LogP contribution in [0.25, 0.3) is 22.3 Å². The van der Waals surface area contributed by atoms with Gasteiger partial charge in [0, 0.05) is 24.9 Å². The van der Waals surface area contributed by atoms with Crippen molar-refractivity contribution < 1.29 is 9.59 Å². The van der Waals surface area contributed by atoms with Crippen molar-refractivity contribution in [2.75, 3.05) is 0 Å². The number of rotatable bonds is 18. The lowest BCUT2D eigenvalue weighted by atomic mass is 9.90. The summed E-state index contributed by atoms with van der Waals surface area (Å²) < 4.78 is 0. The summed E-state index contributed by atoms with van der Waals surface area (Å²) in [7, 11) is 0. The Hall–Kier alpha value is -5.20. The molecule has 6 heteroatoms. The molecule has 2 amide bonds. The second kappa shape index (κ2) is 20.6. The zero-order valence-corrected chi connectivity index (χ0v) is 30.4. The molecule has 6 nitrogen and oxygen atoms in total. The summed E-state index contributed by atoms with van der Waals surface area (Å²) in [6, 6.07) is 37.1. The van der Waals surface area contributed by atoms with Crippen LogP contribution >= 0.6 is 0 Å². The summed E-state index contributed by atoms with van der Waals surface area (Å²) in [6.07, 6.45) is 15.4. The summed E-state index contributed by atoms with van der Waals surface area (Å²) >= 11 is 0. The van der Waals surface area contributed by atoms with Gasteiger partial charge in [-0.2, -0.15) is 10.5 Å². The Morgan fingerprint density at radius 3 is 1.15 bits per heavy atom. The molecule has 1 aliphatic rings. The summed E-state index contributed by atoms with van der Waals surface area (Å²) in [5.41, 5.74) is 8.53. The molecule has 1 fully saturated rings. The van der Waals surface area contributed by atoms with Crippen LogP contribution in [-0.4, -0.2) is 23.9 Å². The van der Waals surface area contributed by atoms with Crippen LogP contribution in [0, 0.1) is 22.7 Å². The number of unbranched alkanes of at least 4 members (excludes halogenated alkanes) is 6. The molecule has 4 aromatic rings. The van der Waals surface area contributed by atoms with Crippen molar-refractivity contribution in [2.24, 2.45) is 0 Å². The van der Waals surface area contributed by atoms with Gasteiger partial charge in [-0.3, -0.25) is 9.59 Å². The SMILES string of the molecule is N#Cc1ccc(-c2ccc(CCCCCCC(=O)NC3CCCCC3NC(=O)CCCCCCc3ccc(-c4ccc(C#N)cc4)cc3)cc2)cc1. The Morgan fingerprint density at radius 2 is 0.808 bits per heavy atom. The number of hydrogen-bond acceptors (Lipinski definition) is 4. The van der Waals surface area contributed by atoms with Crippen molar-refractivity contribution in [3.63, 3.8) is 0 Å². The number of carbonyl (C=O) groups is 2. The van der Waals surface area contributed by atoms with Crippen molar-refractivity contribution in [1.29, 1.82) is 10.5 Å². The molecular weight excluding hydrogens is 641 g/mol. The summed E-state index contributed by atoms with van der Waals surface area (Å²) in [6.45, 7) is 0. The van der Waals surface area contributed by atoms with Gasteiger partial charge in [0.2, 0.25) is 11.8 Å². The Balaban J connectivity index is 0.903. The normalized spacial score (nSPS) is 15.3. The molecule has 1 saturated carbocycles. The van der Waals surface area contributed by atoms with Crippen LogP contribution in [0.15, 0.2) is 97.1 Å². The maximum absolute atomic E-state index is 12.8. The maximum atomic E-state index is 12.8. The molecule has 0 radical (unpaired) electrons. The van der Waals surface area contributed by atoms with E-state index in [1.807, 2.05) is 48.5 Å². The largest absolute Gasteiger partial charge is 0.351 e. The van der Waals surface area contributed by atoms with Gasteiger partial charge in [-0.1, -0.05) is 111 Å². The van der Waals surface area contributed by atoms with Crippen LogP contribution in [0.4, 0.5) is 0 Å². The average molecular weight is 693 g/mol. The van der Waals surface area contributed by atoms with Gasteiger partial charge in [-0.15, -0.1) is 0 Å². The lowest BCUT2D eigenvalue weighted by molar-refractivity contribution is -0.125. The number of carbonyl (C=O) groups excluding carboxylic acids is 2. The topological polar surface area (TPSA) is 106 Å². The van der Waals surface area contributed by atoms with Crippen LogP contribution in [-0.2, 0) is 22.4 Å². The van der Waals surface area contributed by atoms with E-state index >= 15 is 0 Å². The number of amides is 2. The highest BCUT2D eigenvalue weighted by molar-refractivity contribution is 5.78. The van der Waals surface area contributed by atoms with Gasteiger partial charge >= 0.3 is 0 Å². The molecule has 5 rings (SSSR count). The van der Waals surface area contributed by atoms with Crippen LogP contribution in [0.5, 0.6) is 0 Å². The standard InChI is InChI=1S/C46H52N4O2/c47-33-37-21-29-41(30-22-37)39-25-17-35(18-26-39)11-5-1-3-7-15-45(51)49-43-13-9-10-14-44(43)50-46(52)16-8-4-2-6-12-36-19-27-40(28-20-36)42-31-23-38(34-48)24-32-42/h17-32,43-44H,1-16H2,(H,49,51)(H,50,52). The first-order valence-electron chi connectivity index (χ1n) is 19.3. The van der Waals surface area contributed by atoms with E-state index in [0.29, 0.717) is 24.0 Å². The van der Waals surface area contributed by atoms with E-state index in [9.17, 15) is 9.59 Å². The molecule has 268 valence electrons. The van der Waals surface area contributed by atoms with Crippen LogP contribution in [0.2, 0.25) is 0 Å². The molecule has 2 unspecified atom stereocenters. The minimum Gasteiger partial charge on any atom is -0.351 e.